The lowest BCUT2D eigenvalue weighted by molar-refractivity contribution is -0.0567. The first-order chi connectivity index (χ1) is 12.6. The number of hydrogen-bond donors (Lipinski definition) is 1. The van der Waals surface area contributed by atoms with E-state index in [1.54, 1.807) is 10.6 Å². The predicted molar refractivity (Wildman–Crippen MR) is 94.0 cm³/mol. The van der Waals surface area contributed by atoms with Crippen LogP contribution in [0.4, 0.5) is 0 Å². The smallest absolute Gasteiger partial charge is 0.270 e. The van der Waals surface area contributed by atoms with Gasteiger partial charge in [0.2, 0.25) is 0 Å². The Labute approximate surface area is 152 Å². The molecule has 1 saturated heterocycles. The molecular weight excluding hydrogens is 334 g/mol. The standard InChI is InChI=1S/C18H25N5O3/c1-11(2)15-7-13(22-18-19-10-20-23(15)18)17(24)21-14-9-25-6-5-16(14)26-8-12-3-4-12/h7,10-12,14,16H,3-6,8-9H2,1-2H3,(H,21,24)/t14-,16+/m1/s1. The summed E-state index contributed by atoms with van der Waals surface area (Å²) in [5, 5.41) is 7.23. The Kier molecular flexibility index (Phi) is 4.86. The van der Waals surface area contributed by atoms with Crippen molar-refractivity contribution in [3.8, 4) is 0 Å². The van der Waals surface area contributed by atoms with Crippen LogP contribution in [0.5, 0.6) is 0 Å². The van der Waals surface area contributed by atoms with Crippen molar-refractivity contribution in [3.63, 3.8) is 0 Å². The highest BCUT2D eigenvalue weighted by atomic mass is 16.5. The van der Waals surface area contributed by atoms with Crippen molar-refractivity contribution >= 4 is 11.7 Å². The first-order valence-electron chi connectivity index (χ1n) is 9.32. The van der Waals surface area contributed by atoms with Gasteiger partial charge in [0.25, 0.3) is 11.7 Å². The van der Waals surface area contributed by atoms with Crippen LogP contribution in [0.2, 0.25) is 0 Å². The molecule has 2 atom stereocenters. The van der Waals surface area contributed by atoms with Gasteiger partial charge < -0.3 is 14.8 Å². The highest BCUT2D eigenvalue weighted by Crippen LogP contribution is 2.30. The minimum atomic E-state index is -0.229. The fourth-order valence-electron chi connectivity index (χ4n) is 3.20. The van der Waals surface area contributed by atoms with Gasteiger partial charge in [-0.2, -0.15) is 10.1 Å². The normalized spacial score (nSPS) is 23.5. The molecule has 26 heavy (non-hydrogen) atoms. The van der Waals surface area contributed by atoms with Crippen LogP contribution in [-0.4, -0.2) is 57.5 Å². The number of nitrogens with zero attached hydrogens (tertiary/aromatic N) is 4. The van der Waals surface area contributed by atoms with E-state index in [1.807, 2.05) is 0 Å². The zero-order valence-corrected chi connectivity index (χ0v) is 15.2. The number of aromatic nitrogens is 4. The first-order valence-corrected chi connectivity index (χ1v) is 9.32. The molecule has 8 heteroatoms. The number of nitrogens with one attached hydrogen (secondary N) is 1. The summed E-state index contributed by atoms with van der Waals surface area (Å²) in [6.07, 6.45) is 4.74. The highest BCUT2D eigenvalue weighted by molar-refractivity contribution is 5.93. The van der Waals surface area contributed by atoms with Gasteiger partial charge in [-0.25, -0.2) is 9.50 Å². The van der Waals surface area contributed by atoms with Crippen molar-refractivity contribution in [2.45, 2.75) is 51.2 Å². The summed E-state index contributed by atoms with van der Waals surface area (Å²) in [5.74, 6) is 1.09. The molecular formula is C18H25N5O3. The molecule has 1 N–H and O–H groups in total. The van der Waals surface area contributed by atoms with E-state index in [-0.39, 0.29) is 24.0 Å². The topological polar surface area (TPSA) is 90.6 Å². The third-order valence-corrected chi connectivity index (χ3v) is 4.96. The van der Waals surface area contributed by atoms with E-state index in [9.17, 15) is 4.79 Å². The van der Waals surface area contributed by atoms with E-state index in [0.29, 0.717) is 30.6 Å². The van der Waals surface area contributed by atoms with Gasteiger partial charge in [-0.1, -0.05) is 13.8 Å². The van der Waals surface area contributed by atoms with E-state index in [1.165, 1.54) is 19.2 Å². The third kappa shape index (κ3) is 3.71. The molecule has 2 aliphatic rings. The molecule has 0 unspecified atom stereocenters. The van der Waals surface area contributed by atoms with Crippen LogP contribution in [0.1, 0.15) is 55.2 Å². The lowest BCUT2D eigenvalue weighted by atomic mass is 10.1. The van der Waals surface area contributed by atoms with Crippen molar-refractivity contribution in [2.24, 2.45) is 5.92 Å². The minimum Gasteiger partial charge on any atom is -0.379 e. The summed E-state index contributed by atoms with van der Waals surface area (Å²) in [6.45, 7) is 6.01. The van der Waals surface area contributed by atoms with Crippen LogP contribution < -0.4 is 5.32 Å². The summed E-state index contributed by atoms with van der Waals surface area (Å²) in [4.78, 5) is 21.3. The van der Waals surface area contributed by atoms with E-state index < -0.39 is 0 Å². The molecule has 2 aromatic rings. The third-order valence-electron chi connectivity index (χ3n) is 4.96. The number of rotatable bonds is 6. The average molecular weight is 359 g/mol. The monoisotopic (exact) mass is 359 g/mol. The van der Waals surface area contributed by atoms with E-state index >= 15 is 0 Å². The summed E-state index contributed by atoms with van der Waals surface area (Å²) in [6, 6.07) is 1.62. The second-order valence-electron chi connectivity index (χ2n) is 7.45. The van der Waals surface area contributed by atoms with Crippen LogP contribution in [0.15, 0.2) is 12.4 Å². The highest BCUT2D eigenvalue weighted by Gasteiger charge is 2.31. The predicted octanol–water partition coefficient (Wildman–Crippen LogP) is 1.56. The molecule has 2 aromatic heterocycles. The number of carbonyl (C=O) groups excluding carboxylic acids is 1. The van der Waals surface area contributed by atoms with E-state index in [0.717, 1.165) is 18.7 Å². The van der Waals surface area contributed by atoms with Crippen molar-refractivity contribution in [1.29, 1.82) is 0 Å². The van der Waals surface area contributed by atoms with Gasteiger partial charge in [-0.05, 0) is 37.2 Å². The van der Waals surface area contributed by atoms with Gasteiger partial charge in [-0.3, -0.25) is 4.79 Å². The molecule has 0 bridgehead atoms. The van der Waals surface area contributed by atoms with Gasteiger partial charge >= 0.3 is 0 Å². The molecule has 4 rings (SSSR count). The van der Waals surface area contributed by atoms with Gasteiger partial charge in [-0.15, -0.1) is 0 Å². The van der Waals surface area contributed by atoms with Crippen molar-refractivity contribution in [2.75, 3.05) is 19.8 Å². The van der Waals surface area contributed by atoms with Crippen molar-refractivity contribution in [1.82, 2.24) is 24.9 Å². The van der Waals surface area contributed by atoms with Crippen LogP contribution in [0, 0.1) is 5.92 Å². The largest absolute Gasteiger partial charge is 0.379 e. The van der Waals surface area contributed by atoms with E-state index in [4.69, 9.17) is 9.47 Å². The fraction of sp³-hybridized carbons (Fsp3) is 0.667. The minimum absolute atomic E-state index is 0.00491. The molecule has 1 saturated carbocycles. The lowest BCUT2D eigenvalue weighted by Gasteiger charge is -2.32. The summed E-state index contributed by atoms with van der Waals surface area (Å²) >= 11 is 0. The number of ether oxygens (including phenoxy) is 2. The molecule has 0 spiro atoms. The summed E-state index contributed by atoms with van der Waals surface area (Å²) in [5.41, 5.74) is 1.25. The van der Waals surface area contributed by atoms with Crippen molar-refractivity contribution < 1.29 is 14.3 Å². The number of carbonyl (C=O) groups is 1. The molecule has 2 fully saturated rings. The second-order valence-corrected chi connectivity index (χ2v) is 7.45. The molecule has 1 amide bonds. The zero-order valence-electron chi connectivity index (χ0n) is 15.2. The lowest BCUT2D eigenvalue weighted by Crippen LogP contribution is -2.51. The maximum Gasteiger partial charge on any atom is 0.270 e. The zero-order chi connectivity index (χ0) is 18.1. The SMILES string of the molecule is CC(C)c1cc(C(=O)N[C@@H]2COCC[C@@H]2OCC2CC2)nc2ncnn12. The van der Waals surface area contributed by atoms with Crippen molar-refractivity contribution in [3.05, 3.63) is 23.8 Å². The molecule has 3 heterocycles. The van der Waals surface area contributed by atoms with Gasteiger partial charge in [0.15, 0.2) is 0 Å². The van der Waals surface area contributed by atoms with E-state index in [2.05, 4.69) is 34.2 Å². The number of fused-ring (bicyclic) bond motifs is 1. The molecule has 0 radical (unpaired) electrons. The number of amides is 1. The molecule has 1 aliphatic carbocycles. The second kappa shape index (κ2) is 7.28. The Balaban J connectivity index is 1.50. The fourth-order valence-corrected chi connectivity index (χ4v) is 3.20. The Bertz CT molecular complexity index is 786. The average Bonchev–Trinajstić information content (AvgIpc) is 3.34. The van der Waals surface area contributed by atoms with Crippen LogP contribution in [0.25, 0.3) is 5.78 Å². The Morgan fingerprint density at radius 3 is 3.04 bits per heavy atom. The van der Waals surface area contributed by atoms with Gasteiger partial charge in [0.05, 0.1) is 24.4 Å². The molecule has 8 nitrogen and oxygen atoms in total. The molecule has 0 aromatic carbocycles. The van der Waals surface area contributed by atoms with Gasteiger partial charge in [0, 0.05) is 13.2 Å². The van der Waals surface area contributed by atoms with Crippen LogP contribution >= 0.6 is 0 Å². The summed E-state index contributed by atoms with van der Waals surface area (Å²) in [7, 11) is 0. The quantitative estimate of drug-likeness (QED) is 0.842. The maximum absolute atomic E-state index is 12.8. The maximum atomic E-state index is 12.8. The Morgan fingerprint density at radius 2 is 2.27 bits per heavy atom. The Morgan fingerprint density at radius 1 is 1.42 bits per heavy atom. The summed E-state index contributed by atoms with van der Waals surface area (Å²) < 4.78 is 13.3. The first kappa shape index (κ1) is 17.4. The molecule has 1 aliphatic heterocycles. The van der Waals surface area contributed by atoms with Crippen LogP contribution in [0.3, 0.4) is 0 Å². The number of hydrogen-bond acceptors (Lipinski definition) is 6. The van der Waals surface area contributed by atoms with Gasteiger partial charge in [0.1, 0.15) is 12.0 Å². The molecule has 140 valence electrons. The van der Waals surface area contributed by atoms with Crippen LogP contribution in [-0.2, 0) is 9.47 Å². The Hall–Kier alpha value is -2.06.